The van der Waals surface area contributed by atoms with Crippen molar-refractivity contribution in [3.05, 3.63) is 24.2 Å². The van der Waals surface area contributed by atoms with Gasteiger partial charge < -0.3 is 9.73 Å². The van der Waals surface area contributed by atoms with Crippen LogP contribution in [-0.4, -0.2) is 6.54 Å². The molecule has 0 aromatic carbocycles. The van der Waals surface area contributed by atoms with Crippen LogP contribution in [0.15, 0.2) is 22.8 Å². The minimum atomic E-state index is 0.819. The van der Waals surface area contributed by atoms with Gasteiger partial charge in [0.15, 0.2) is 0 Å². The molecule has 0 unspecified atom stereocenters. The van der Waals surface area contributed by atoms with Crippen LogP contribution in [0, 0.1) is 5.92 Å². The van der Waals surface area contributed by atoms with Gasteiger partial charge in [-0.15, -0.1) is 0 Å². The van der Waals surface area contributed by atoms with Crippen LogP contribution in [0.25, 0.3) is 0 Å². The van der Waals surface area contributed by atoms with Crippen molar-refractivity contribution in [1.29, 1.82) is 0 Å². The van der Waals surface area contributed by atoms with E-state index < -0.39 is 0 Å². The van der Waals surface area contributed by atoms with Crippen LogP contribution < -0.4 is 5.32 Å². The van der Waals surface area contributed by atoms with Crippen molar-refractivity contribution in [2.45, 2.75) is 46.1 Å². The van der Waals surface area contributed by atoms with Gasteiger partial charge in [-0.05, 0) is 31.0 Å². The molecule has 0 saturated heterocycles. The fraction of sp³-hybridized carbons (Fsp3) is 0.692. The molecular weight excluding hydrogens is 186 g/mol. The van der Waals surface area contributed by atoms with Crippen LogP contribution in [-0.2, 0) is 6.54 Å². The van der Waals surface area contributed by atoms with Crippen LogP contribution in [0.5, 0.6) is 0 Å². The van der Waals surface area contributed by atoms with Crippen molar-refractivity contribution < 1.29 is 4.42 Å². The Labute approximate surface area is 93.1 Å². The van der Waals surface area contributed by atoms with E-state index in [0.29, 0.717) is 0 Å². The minimum absolute atomic E-state index is 0.819. The summed E-state index contributed by atoms with van der Waals surface area (Å²) >= 11 is 0. The molecule has 0 aliphatic heterocycles. The first kappa shape index (κ1) is 12.3. The zero-order chi connectivity index (χ0) is 10.9. The van der Waals surface area contributed by atoms with Gasteiger partial charge in [0.05, 0.1) is 12.8 Å². The number of hydrogen-bond acceptors (Lipinski definition) is 2. The normalized spacial score (nSPS) is 12.9. The van der Waals surface area contributed by atoms with Gasteiger partial charge in [-0.3, -0.25) is 0 Å². The molecule has 1 aromatic heterocycles. The zero-order valence-electron chi connectivity index (χ0n) is 9.96. The third-order valence-electron chi connectivity index (χ3n) is 2.86. The second-order valence-corrected chi connectivity index (χ2v) is 4.13. The van der Waals surface area contributed by atoms with E-state index in [1.165, 1.54) is 25.7 Å². The van der Waals surface area contributed by atoms with Gasteiger partial charge in [0.25, 0.3) is 0 Å². The van der Waals surface area contributed by atoms with Gasteiger partial charge in [-0.25, -0.2) is 0 Å². The molecule has 0 bridgehead atoms. The molecule has 0 amide bonds. The van der Waals surface area contributed by atoms with Crippen LogP contribution >= 0.6 is 0 Å². The number of furan rings is 1. The Hall–Kier alpha value is -0.760. The Balaban J connectivity index is 2.11. The quantitative estimate of drug-likeness (QED) is 0.708. The van der Waals surface area contributed by atoms with Crippen LogP contribution in [0.4, 0.5) is 0 Å². The Morgan fingerprint density at radius 1 is 1.40 bits per heavy atom. The van der Waals surface area contributed by atoms with Gasteiger partial charge in [0.2, 0.25) is 0 Å². The first-order valence-corrected chi connectivity index (χ1v) is 6.09. The Kier molecular flexibility index (Phi) is 6.17. The van der Waals surface area contributed by atoms with Gasteiger partial charge in [-0.1, -0.05) is 33.1 Å². The van der Waals surface area contributed by atoms with Crippen molar-refractivity contribution in [2.75, 3.05) is 6.54 Å². The average molecular weight is 209 g/mol. The maximum Gasteiger partial charge on any atom is 0.117 e. The van der Waals surface area contributed by atoms with Crippen molar-refractivity contribution in [3.63, 3.8) is 0 Å². The predicted molar refractivity (Wildman–Crippen MR) is 63.7 cm³/mol. The van der Waals surface area contributed by atoms with E-state index in [0.717, 1.165) is 24.8 Å². The molecule has 2 nitrogen and oxygen atoms in total. The number of rotatable bonds is 8. The maximum absolute atomic E-state index is 5.27. The fourth-order valence-corrected chi connectivity index (χ4v) is 1.76. The van der Waals surface area contributed by atoms with E-state index >= 15 is 0 Å². The third-order valence-corrected chi connectivity index (χ3v) is 2.86. The molecule has 0 saturated carbocycles. The lowest BCUT2D eigenvalue weighted by atomic mass is 9.99. The molecule has 0 fully saturated rings. The van der Waals surface area contributed by atoms with Crippen LogP contribution in [0.2, 0.25) is 0 Å². The zero-order valence-corrected chi connectivity index (χ0v) is 9.96. The topological polar surface area (TPSA) is 25.2 Å². The van der Waals surface area contributed by atoms with Crippen molar-refractivity contribution in [3.8, 4) is 0 Å². The lowest BCUT2D eigenvalue weighted by Gasteiger charge is -2.14. The average Bonchev–Trinajstić information content (AvgIpc) is 2.76. The summed E-state index contributed by atoms with van der Waals surface area (Å²) in [5, 5.41) is 3.45. The van der Waals surface area contributed by atoms with Crippen molar-refractivity contribution >= 4 is 0 Å². The fourth-order valence-electron chi connectivity index (χ4n) is 1.76. The Morgan fingerprint density at radius 2 is 2.27 bits per heavy atom. The second-order valence-electron chi connectivity index (χ2n) is 4.13. The molecule has 1 atom stereocenters. The molecular formula is C13H23NO. The van der Waals surface area contributed by atoms with Gasteiger partial charge in [0, 0.05) is 0 Å². The van der Waals surface area contributed by atoms with Crippen molar-refractivity contribution in [1.82, 2.24) is 5.32 Å². The molecule has 1 heterocycles. The molecule has 0 spiro atoms. The Bertz CT molecular complexity index is 231. The monoisotopic (exact) mass is 209 g/mol. The predicted octanol–water partition coefficient (Wildman–Crippen LogP) is 3.59. The summed E-state index contributed by atoms with van der Waals surface area (Å²) in [5.41, 5.74) is 0. The van der Waals surface area contributed by atoms with E-state index in [-0.39, 0.29) is 0 Å². The summed E-state index contributed by atoms with van der Waals surface area (Å²) in [5.74, 6) is 1.85. The summed E-state index contributed by atoms with van der Waals surface area (Å²) in [7, 11) is 0. The van der Waals surface area contributed by atoms with E-state index in [9.17, 15) is 0 Å². The minimum Gasteiger partial charge on any atom is -0.468 e. The smallest absolute Gasteiger partial charge is 0.117 e. The van der Waals surface area contributed by atoms with Crippen LogP contribution in [0.3, 0.4) is 0 Å². The summed E-state index contributed by atoms with van der Waals surface area (Å²) in [6.07, 6.45) is 6.99. The molecule has 1 N–H and O–H groups in total. The molecule has 2 heteroatoms. The molecule has 0 aliphatic carbocycles. The first-order chi connectivity index (χ1) is 7.36. The van der Waals surface area contributed by atoms with E-state index in [1.807, 2.05) is 12.1 Å². The number of hydrogen-bond donors (Lipinski definition) is 1. The van der Waals surface area contributed by atoms with Crippen LogP contribution in [0.1, 0.15) is 45.3 Å². The summed E-state index contributed by atoms with van der Waals surface area (Å²) in [4.78, 5) is 0. The Morgan fingerprint density at radius 3 is 2.87 bits per heavy atom. The summed E-state index contributed by atoms with van der Waals surface area (Å²) < 4.78 is 5.27. The highest BCUT2D eigenvalue weighted by atomic mass is 16.3. The molecule has 0 aliphatic rings. The van der Waals surface area contributed by atoms with E-state index in [4.69, 9.17) is 4.42 Å². The molecule has 86 valence electrons. The summed E-state index contributed by atoms with van der Waals surface area (Å²) in [6.45, 7) is 6.49. The van der Waals surface area contributed by atoms with E-state index in [1.54, 1.807) is 6.26 Å². The largest absolute Gasteiger partial charge is 0.468 e. The maximum atomic E-state index is 5.27. The summed E-state index contributed by atoms with van der Waals surface area (Å²) in [6, 6.07) is 3.95. The lowest BCUT2D eigenvalue weighted by Crippen LogP contribution is -2.21. The number of nitrogens with one attached hydrogen (secondary N) is 1. The third kappa shape index (κ3) is 5.03. The molecule has 1 rings (SSSR count). The van der Waals surface area contributed by atoms with E-state index in [2.05, 4.69) is 19.2 Å². The molecule has 1 aromatic rings. The lowest BCUT2D eigenvalue weighted by molar-refractivity contribution is 0.402. The van der Waals surface area contributed by atoms with Gasteiger partial charge in [0.1, 0.15) is 5.76 Å². The number of unbranched alkanes of at least 4 members (excludes halogenated alkanes) is 1. The highest BCUT2D eigenvalue weighted by Crippen LogP contribution is 2.11. The SMILES string of the molecule is CCCC[C@H](CC)CNCc1ccco1. The van der Waals surface area contributed by atoms with Gasteiger partial charge >= 0.3 is 0 Å². The van der Waals surface area contributed by atoms with Crippen molar-refractivity contribution in [2.24, 2.45) is 5.92 Å². The van der Waals surface area contributed by atoms with Gasteiger partial charge in [-0.2, -0.15) is 0 Å². The highest BCUT2D eigenvalue weighted by Gasteiger charge is 2.05. The second kappa shape index (κ2) is 7.52. The standard InChI is InChI=1S/C13H23NO/c1-3-5-7-12(4-2)10-14-11-13-8-6-9-15-13/h6,8-9,12,14H,3-5,7,10-11H2,1-2H3/t12-/m0/s1. The molecule has 15 heavy (non-hydrogen) atoms. The first-order valence-electron chi connectivity index (χ1n) is 6.09. The molecule has 0 radical (unpaired) electrons. The highest BCUT2D eigenvalue weighted by molar-refractivity contribution is 4.97.